The van der Waals surface area contributed by atoms with E-state index in [2.05, 4.69) is 15.8 Å². The van der Waals surface area contributed by atoms with Crippen LogP contribution in [0, 0.1) is 6.92 Å². The lowest BCUT2D eigenvalue weighted by molar-refractivity contribution is 0.0988. The molecule has 3 rings (SSSR count). The van der Waals surface area contributed by atoms with Crippen LogP contribution in [-0.4, -0.2) is 23.6 Å². The fourth-order valence-corrected chi connectivity index (χ4v) is 2.44. The van der Waals surface area contributed by atoms with E-state index in [9.17, 15) is 9.59 Å². The molecule has 7 heteroatoms. The summed E-state index contributed by atoms with van der Waals surface area (Å²) in [5.41, 5.74) is 1.92. The number of benzene rings is 2. The van der Waals surface area contributed by atoms with Crippen LogP contribution in [0.2, 0.25) is 0 Å². The Morgan fingerprint density at radius 1 is 1.04 bits per heavy atom. The summed E-state index contributed by atoms with van der Waals surface area (Å²) in [4.78, 5) is 24.9. The summed E-state index contributed by atoms with van der Waals surface area (Å²) in [5.74, 6) is -0.0135. The molecule has 138 valence electrons. The third kappa shape index (κ3) is 4.52. The molecular weight excluding hydrogens is 346 g/mol. The molecule has 2 aromatic carbocycles. The maximum atomic E-state index is 12.6. The largest absolute Gasteiger partial charge is 0.494 e. The predicted octanol–water partition coefficient (Wildman–Crippen LogP) is 3.89. The molecular formula is C20H19N3O4. The Morgan fingerprint density at radius 2 is 1.78 bits per heavy atom. The van der Waals surface area contributed by atoms with Gasteiger partial charge in [0.1, 0.15) is 5.75 Å². The SMILES string of the molecule is CCOc1ccc(NC(=O)c2ccccc2NC(=O)c2cc(C)no2)cc1. The highest BCUT2D eigenvalue weighted by molar-refractivity contribution is 6.11. The Bertz CT molecular complexity index is 948. The first-order chi connectivity index (χ1) is 13.1. The molecule has 0 bridgehead atoms. The van der Waals surface area contributed by atoms with Crippen molar-refractivity contribution in [1.82, 2.24) is 5.16 Å². The van der Waals surface area contributed by atoms with Crippen LogP contribution in [0.4, 0.5) is 11.4 Å². The van der Waals surface area contributed by atoms with Crippen LogP contribution in [0.1, 0.15) is 33.5 Å². The van der Waals surface area contributed by atoms with Crippen molar-refractivity contribution >= 4 is 23.2 Å². The van der Waals surface area contributed by atoms with Crippen molar-refractivity contribution in [2.24, 2.45) is 0 Å². The number of nitrogens with zero attached hydrogens (tertiary/aromatic N) is 1. The quantitative estimate of drug-likeness (QED) is 0.691. The van der Waals surface area contributed by atoms with Crippen molar-refractivity contribution < 1.29 is 18.8 Å². The topological polar surface area (TPSA) is 93.5 Å². The standard InChI is InChI=1S/C20H19N3O4/c1-3-26-15-10-8-14(9-11-15)21-19(24)16-6-4-5-7-17(16)22-20(25)18-12-13(2)23-27-18/h4-12H,3H2,1-2H3,(H,21,24)(H,22,25). The van der Waals surface area contributed by atoms with Gasteiger partial charge in [-0.1, -0.05) is 17.3 Å². The molecule has 0 saturated carbocycles. The van der Waals surface area contributed by atoms with E-state index in [0.29, 0.717) is 29.2 Å². The van der Waals surface area contributed by atoms with Crippen molar-refractivity contribution in [3.05, 3.63) is 71.6 Å². The molecule has 0 radical (unpaired) electrons. The first-order valence-electron chi connectivity index (χ1n) is 8.44. The van der Waals surface area contributed by atoms with Crippen LogP contribution in [0.15, 0.2) is 59.1 Å². The maximum Gasteiger partial charge on any atom is 0.294 e. The summed E-state index contributed by atoms with van der Waals surface area (Å²) in [6.07, 6.45) is 0. The first-order valence-corrected chi connectivity index (χ1v) is 8.44. The number of aromatic nitrogens is 1. The number of rotatable bonds is 6. The summed E-state index contributed by atoms with van der Waals surface area (Å²) >= 11 is 0. The average Bonchev–Trinajstić information content (AvgIpc) is 3.10. The van der Waals surface area contributed by atoms with Gasteiger partial charge >= 0.3 is 0 Å². The van der Waals surface area contributed by atoms with Crippen LogP contribution in [0.25, 0.3) is 0 Å². The Hall–Kier alpha value is -3.61. The second kappa shape index (κ2) is 8.18. The highest BCUT2D eigenvalue weighted by Crippen LogP contribution is 2.20. The lowest BCUT2D eigenvalue weighted by Gasteiger charge is -2.11. The van der Waals surface area contributed by atoms with Crippen molar-refractivity contribution in [3.8, 4) is 5.75 Å². The van der Waals surface area contributed by atoms with Crippen LogP contribution in [0.5, 0.6) is 5.75 Å². The lowest BCUT2D eigenvalue weighted by Crippen LogP contribution is -2.18. The summed E-state index contributed by atoms with van der Waals surface area (Å²) in [6, 6.07) is 15.3. The number of hydrogen-bond acceptors (Lipinski definition) is 5. The second-order valence-electron chi connectivity index (χ2n) is 5.74. The van der Waals surface area contributed by atoms with E-state index >= 15 is 0 Å². The van der Waals surface area contributed by atoms with Gasteiger partial charge in [-0.25, -0.2) is 0 Å². The van der Waals surface area contributed by atoms with Crippen LogP contribution < -0.4 is 15.4 Å². The third-order valence-electron chi connectivity index (χ3n) is 3.69. The molecule has 1 heterocycles. The molecule has 2 N–H and O–H groups in total. The Kier molecular flexibility index (Phi) is 5.51. The molecule has 3 aromatic rings. The maximum absolute atomic E-state index is 12.6. The number of amides is 2. The number of carbonyl (C=O) groups is 2. The highest BCUT2D eigenvalue weighted by Gasteiger charge is 2.16. The van der Waals surface area contributed by atoms with Crippen molar-refractivity contribution in [3.63, 3.8) is 0 Å². The summed E-state index contributed by atoms with van der Waals surface area (Å²) < 4.78 is 10.3. The van der Waals surface area contributed by atoms with Gasteiger partial charge in [0.25, 0.3) is 11.8 Å². The van der Waals surface area contributed by atoms with E-state index < -0.39 is 5.91 Å². The van der Waals surface area contributed by atoms with Crippen LogP contribution in [-0.2, 0) is 0 Å². The highest BCUT2D eigenvalue weighted by atomic mass is 16.5. The van der Waals surface area contributed by atoms with Gasteiger partial charge in [-0.3, -0.25) is 9.59 Å². The minimum absolute atomic E-state index is 0.0780. The van der Waals surface area contributed by atoms with E-state index in [1.165, 1.54) is 6.07 Å². The molecule has 0 unspecified atom stereocenters. The number of para-hydroxylation sites is 1. The average molecular weight is 365 g/mol. The number of ether oxygens (including phenoxy) is 1. The van der Waals surface area contributed by atoms with E-state index in [4.69, 9.17) is 9.26 Å². The Morgan fingerprint density at radius 3 is 2.44 bits per heavy atom. The van der Waals surface area contributed by atoms with Gasteiger partial charge in [0.15, 0.2) is 0 Å². The molecule has 0 aliphatic rings. The zero-order valence-electron chi connectivity index (χ0n) is 15.0. The number of nitrogens with one attached hydrogen (secondary N) is 2. The van der Waals surface area contributed by atoms with Crippen molar-refractivity contribution in [2.45, 2.75) is 13.8 Å². The molecule has 0 fully saturated rings. The van der Waals surface area contributed by atoms with Gasteiger partial charge in [0, 0.05) is 11.8 Å². The first kappa shape index (κ1) is 18.2. The van der Waals surface area contributed by atoms with E-state index in [-0.39, 0.29) is 11.7 Å². The zero-order chi connectivity index (χ0) is 19.2. The number of hydrogen-bond donors (Lipinski definition) is 2. The molecule has 0 atom stereocenters. The molecule has 7 nitrogen and oxygen atoms in total. The van der Waals surface area contributed by atoms with Gasteiger partial charge < -0.3 is 19.9 Å². The number of anilines is 2. The van der Waals surface area contributed by atoms with E-state index in [1.807, 2.05) is 6.92 Å². The number of carbonyl (C=O) groups excluding carboxylic acids is 2. The van der Waals surface area contributed by atoms with E-state index in [1.54, 1.807) is 55.5 Å². The lowest BCUT2D eigenvalue weighted by atomic mass is 10.1. The van der Waals surface area contributed by atoms with Crippen LogP contribution in [0.3, 0.4) is 0 Å². The Balaban J connectivity index is 1.74. The van der Waals surface area contributed by atoms with E-state index in [0.717, 1.165) is 5.75 Å². The predicted molar refractivity (Wildman–Crippen MR) is 101 cm³/mol. The molecule has 27 heavy (non-hydrogen) atoms. The summed E-state index contributed by atoms with van der Waals surface area (Å²) in [7, 11) is 0. The Labute approximate surface area is 156 Å². The fourth-order valence-electron chi connectivity index (χ4n) is 2.44. The molecule has 2 amide bonds. The molecule has 0 saturated heterocycles. The molecule has 1 aromatic heterocycles. The van der Waals surface area contributed by atoms with Gasteiger partial charge in [-0.2, -0.15) is 0 Å². The van der Waals surface area contributed by atoms with Gasteiger partial charge in [-0.15, -0.1) is 0 Å². The minimum Gasteiger partial charge on any atom is -0.494 e. The normalized spacial score (nSPS) is 10.3. The number of aryl methyl sites for hydroxylation is 1. The monoisotopic (exact) mass is 365 g/mol. The molecule has 0 spiro atoms. The smallest absolute Gasteiger partial charge is 0.294 e. The van der Waals surface area contributed by atoms with Crippen molar-refractivity contribution in [1.29, 1.82) is 0 Å². The van der Waals surface area contributed by atoms with Crippen LogP contribution >= 0.6 is 0 Å². The van der Waals surface area contributed by atoms with Gasteiger partial charge in [0.05, 0.1) is 23.6 Å². The second-order valence-corrected chi connectivity index (χ2v) is 5.74. The van der Waals surface area contributed by atoms with Gasteiger partial charge in [-0.05, 0) is 50.2 Å². The summed E-state index contributed by atoms with van der Waals surface area (Å²) in [5, 5.41) is 9.17. The fraction of sp³-hybridized carbons (Fsp3) is 0.150. The van der Waals surface area contributed by atoms with Crippen molar-refractivity contribution in [2.75, 3.05) is 17.2 Å². The third-order valence-corrected chi connectivity index (χ3v) is 3.69. The van der Waals surface area contributed by atoms with Gasteiger partial charge in [0.2, 0.25) is 5.76 Å². The summed E-state index contributed by atoms with van der Waals surface area (Å²) in [6.45, 7) is 4.20. The molecule has 0 aliphatic heterocycles. The zero-order valence-corrected chi connectivity index (χ0v) is 15.0. The minimum atomic E-state index is -0.475. The molecule has 0 aliphatic carbocycles.